The van der Waals surface area contributed by atoms with Crippen LogP contribution in [0.1, 0.15) is 11.1 Å². The highest BCUT2D eigenvalue weighted by Gasteiger charge is 2.13. The predicted molar refractivity (Wildman–Crippen MR) is 85.6 cm³/mol. The average molecular weight is 344 g/mol. The number of hydrogen-bond donors (Lipinski definition) is 1. The third-order valence-corrected chi connectivity index (χ3v) is 3.87. The van der Waals surface area contributed by atoms with Gasteiger partial charge in [-0.2, -0.15) is 0 Å². The first-order valence-electron chi connectivity index (χ1n) is 6.51. The van der Waals surface area contributed by atoms with E-state index in [1.54, 1.807) is 4.68 Å². The molecular formula is C15H14BrN5. The number of aromatic nitrogens is 4. The number of rotatable bonds is 3. The maximum absolute atomic E-state index is 6.14. The number of anilines is 1. The van der Waals surface area contributed by atoms with Gasteiger partial charge in [0.1, 0.15) is 0 Å². The van der Waals surface area contributed by atoms with E-state index >= 15 is 0 Å². The Morgan fingerprint density at radius 3 is 2.67 bits per heavy atom. The van der Waals surface area contributed by atoms with Crippen LogP contribution in [-0.2, 0) is 6.54 Å². The lowest BCUT2D eigenvalue weighted by atomic mass is 10.1. The van der Waals surface area contributed by atoms with Crippen molar-refractivity contribution >= 4 is 21.6 Å². The molecule has 0 bridgehead atoms. The summed E-state index contributed by atoms with van der Waals surface area (Å²) < 4.78 is 2.81. The second-order valence-electron chi connectivity index (χ2n) is 4.82. The molecule has 3 rings (SSSR count). The summed E-state index contributed by atoms with van der Waals surface area (Å²) in [5.74, 6) is 0.680. The smallest absolute Gasteiger partial charge is 0.184 e. The molecule has 3 aromatic rings. The lowest BCUT2D eigenvalue weighted by Crippen LogP contribution is -2.06. The van der Waals surface area contributed by atoms with E-state index in [4.69, 9.17) is 5.73 Å². The zero-order valence-corrected chi connectivity index (χ0v) is 13.1. The normalized spacial score (nSPS) is 10.8. The largest absolute Gasteiger partial charge is 0.398 e. The minimum atomic E-state index is 0.600. The van der Waals surface area contributed by atoms with E-state index in [-0.39, 0.29) is 0 Å². The molecular weight excluding hydrogens is 330 g/mol. The van der Waals surface area contributed by atoms with E-state index in [1.807, 2.05) is 49.4 Å². The molecule has 2 N–H and O–H groups in total. The molecule has 0 spiro atoms. The Labute approximate surface area is 130 Å². The number of halogens is 1. The summed E-state index contributed by atoms with van der Waals surface area (Å²) >= 11 is 3.43. The molecule has 0 saturated heterocycles. The van der Waals surface area contributed by atoms with E-state index in [9.17, 15) is 0 Å². The molecule has 6 heteroatoms. The highest BCUT2D eigenvalue weighted by molar-refractivity contribution is 9.10. The number of hydrogen-bond acceptors (Lipinski definition) is 4. The summed E-state index contributed by atoms with van der Waals surface area (Å²) in [6.45, 7) is 2.57. The Balaban J connectivity index is 1.97. The van der Waals surface area contributed by atoms with Crippen molar-refractivity contribution in [2.75, 3.05) is 5.73 Å². The number of nitrogen functional groups attached to an aromatic ring is 1. The van der Waals surface area contributed by atoms with Crippen LogP contribution in [0.2, 0.25) is 0 Å². The van der Waals surface area contributed by atoms with Gasteiger partial charge in [-0.05, 0) is 46.7 Å². The summed E-state index contributed by atoms with van der Waals surface area (Å²) in [6.07, 6.45) is 0. The molecule has 0 aliphatic rings. The van der Waals surface area contributed by atoms with Crippen LogP contribution in [0, 0.1) is 6.92 Å². The molecule has 0 radical (unpaired) electrons. The van der Waals surface area contributed by atoms with Crippen molar-refractivity contribution in [2.24, 2.45) is 0 Å². The lowest BCUT2D eigenvalue weighted by Gasteiger charge is -2.09. The van der Waals surface area contributed by atoms with E-state index < -0.39 is 0 Å². The Kier molecular flexibility index (Phi) is 3.70. The van der Waals surface area contributed by atoms with Crippen LogP contribution in [0.3, 0.4) is 0 Å². The molecule has 1 heterocycles. The standard InChI is InChI=1S/C15H14BrN5/c1-10-3-2-4-13(14(10)17)15-18-19-20-21(15)9-11-5-7-12(16)8-6-11/h2-8H,9,17H2,1H3. The molecule has 0 unspecified atom stereocenters. The first-order valence-corrected chi connectivity index (χ1v) is 7.30. The van der Waals surface area contributed by atoms with Gasteiger partial charge in [-0.3, -0.25) is 0 Å². The SMILES string of the molecule is Cc1cccc(-c2nnnn2Cc2ccc(Br)cc2)c1N. The second kappa shape index (κ2) is 5.65. The van der Waals surface area contributed by atoms with Gasteiger partial charge in [0, 0.05) is 15.7 Å². The number of nitrogens with two attached hydrogens (primary N) is 1. The molecule has 0 saturated carbocycles. The van der Waals surface area contributed by atoms with Gasteiger partial charge in [0.05, 0.1) is 6.54 Å². The molecule has 106 valence electrons. The quantitative estimate of drug-likeness (QED) is 0.742. The number of benzene rings is 2. The first-order chi connectivity index (χ1) is 10.1. The van der Waals surface area contributed by atoms with Crippen molar-refractivity contribution < 1.29 is 0 Å². The fourth-order valence-electron chi connectivity index (χ4n) is 2.14. The van der Waals surface area contributed by atoms with Gasteiger partial charge in [-0.25, -0.2) is 4.68 Å². The predicted octanol–water partition coefficient (Wildman–Crippen LogP) is 3.04. The maximum Gasteiger partial charge on any atom is 0.184 e. The molecule has 5 nitrogen and oxygen atoms in total. The van der Waals surface area contributed by atoms with Crippen molar-refractivity contribution in [3.05, 3.63) is 58.1 Å². The van der Waals surface area contributed by atoms with Gasteiger partial charge in [0.15, 0.2) is 5.82 Å². The van der Waals surface area contributed by atoms with Crippen molar-refractivity contribution in [1.29, 1.82) is 0 Å². The average Bonchev–Trinajstić information content (AvgIpc) is 2.92. The van der Waals surface area contributed by atoms with Gasteiger partial charge >= 0.3 is 0 Å². The Bertz CT molecular complexity index is 764. The van der Waals surface area contributed by atoms with Gasteiger partial charge < -0.3 is 5.73 Å². The van der Waals surface area contributed by atoms with Gasteiger partial charge in [-0.1, -0.05) is 40.2 Å². The minimum absolute atomic E-state index is 0.600. The summed E-state index contributed by atoms with van der Waals surface area (Å²) in [7, 11) is 0. The minimum Gasteiger partial charge on any atom is -0.398 e. The van der Waals surface area contributed by atoms with Crippen molar-refractivity contribution in [1.82, 2.24) is 20.2 Å². The summed E-state index contributed by atoms with van der Waals surface area (Å²) in [5.41, 5.74) is 9.85. The monoisotopic (exact) mass is 343 g/mol. The molecule has 21 heavy (non-hydrogen) atoms. The molecule has 0 aliphatic carbocycles. The highest BCUT2D eigenvalue weighted by Crippen LogP contribution is 2.26. The van der Waals surface area contributed by atoms with Crippen LogP contribution in [0.15, 0.2) is 46.9 Å². The van der Waals surface area contributed by atoms with E-state index in [0.29, 0.717) is 18.1 Å². The molecule has 0 amide bonds. The van der Waals surface area contributed by atoms with Crippen molar-refractivity contribution in [3.8, 4) is 11.4 Å². The van der Waals surface area contributed by atoms with Crippen LogP contribution < -0.4 is 5.73 Å². The van der Waals surface area contributed by atoms with Crippen molar-refractivity contribution in [3.63, 3.8) is 0 Å². The van der Waals surface area contributed by atoms with Crippen LogP contribution in [0.25, 0.3) is 11.4 Å². The van der Waals surface area contributed by atoms with E-state index in [0.717, 1.165) is 21.2 Å². The van der Waals surface area contributed by atoms with Crippen molar-refractivity contribution in [2.45, 2.75) is 13.5 Å². The zero-order chi connectivity index (χ0) is 14.8. The van der Waals surface area contributed by atoms with Crippen LogP contribution in [0.5, 0.6) is 0 Å². The summed E-state index contributed by atoms with van der Waals surface area (Å²) in [5, 5.41) is 12.0. The first kappa shape index (κ1) is 13.8. The lowest BCUT2D eigenvalue weighted by molar-refractivity contribution is 0.653. The second-order valence-corrected chi connectivity index (χ2v) is 5.74. The highest BCUT2D eigenvalue weighted by atomic mass is 79.9. The van der Waals surface area contributed by atoms with E-state index in [2.05, 4.69) is 31.5 Å². The Hall–Kier alpha value is -2.21. The molecule has 1 aromatic heterocycles. The third kappa shape index (κ3) is 2.80. The fourth-order valence-corrected chi connectivity index (χ4v) is 2.41. The Morgan fingerprint density at radius 2 is 1.90 bits per heavy atom. The number of tetrazole rings is 1. The van der Waals surface area contributed by atoms with Crippen LogP contribution in [0.4, 0.5) is 5.69 Å². The molecule has 0 fully saturated rings. The van der Waals surface area contributed by atoms with Gasteiger partial charge in [0.2, 0.25) is 0 Å². The number of nitrogens with zero attached hydrogens (tertiary/aromatic N) is 4. The van der Waals surface area contributed by atoms with Crippen LogP contribution in [-0.4, -0.2) is 20.2 Å². The van der Waals surface area contributed by atoms with Gasteiger partial charge in [-0.15, -0.1) is 5.10 Å². The summed E-state index contributed by atoms with van der Waals surface area (Å²) in [6, 6.07) is 13.9. The fraction of sp³-hybridized carbons (Fsp3) is 0.133. The number of aryl methyl sites for hydroxylation is 1. The third-order valence-electron chi connectivity index (χ3n) is 3.34. The van der Waals surface area contributed by atoms with Crippen LogP contribution >= 0.6 is 15.9 Å². The topological polar surface area (TPSA) is 69.6 Å². The zero-order valence-electron chi connectivity index (χ0n) is 11.5. The Morgan fingerprint density at radius 1 is 1.14 bits per heavy atom. The molecule has 2 aromatic carbocycles. The van der Waals surface area contributed by atoms with E-state index in [1.165, 1.54) is 0 Å². The maximum atomic E-state index is 6.14. The van der Waals surface area contributed by atoms with Gasteiger partial charge in [0.25, 0.3) is 0 Å². The number of para-hydroxylation sites is 1. The molecule has 0 atom stereocenters. The summed E-state index contributed by atoms with van der Waals surface area (Å²) in [4.78, 5) is 0. The molecule has 0 aliphatic heterocycles.